The van der Waals surface area contributed by atoms with Gasteiger partial charge >= 0.3 is 0 Å². The molecule has 0 aliphatic carbocycles. The molecule has 0 spiro atoms. The van der Waals surface area contributed by atoms with Gasteiger partial charge in [0, 0.05) is 12.2 Å². The number of hydrogen-bond donors (Lipinski definition) is 3. The lowest BCUT2D eigenvalue weighted by atomic mass is 10.2. The molecule has 20 heavy (non-hydrogen) atoms. The number of aryl methyl sites for hydroxylation is 1. The van der Waals surface area contributed by atoms with E-state index in [1.54, 1.807) is 13.0 Å². The average molecular weight is 295 g/mol. The molecular formula is C13H21N5OS. The van der Waals surface area contributed by atoms with E-state index >= 15 is 0 Å². The van der Waals surface area contributed by atoms with Crippen molar-refractivity contribution in [3.05, 3.63) is 17.5 Å². The summed E-state index contributed by atoms with van der Waals surface area (Å²) in [5, 5.41) is 5.80. The summed E-state index contributed by atoms with van der Waals surface area (Å²) in [5.41, 5.74) is 6.78. The fourth-order valence-corrected chi connectivity index (χ4v) is 1.58. The van der Waals surface area contributed by atoms with E-state index in [2.05, 4.69) is 20.6 Å². The molecule has 6 nitrogen and oxygen atoms in total. The molecule has 1 aromatic rings. The lowest BCUT2D eigenvalue weighted by molar-refractivity contribution is -0.121. The molecule has 0 radical (unpaired) electrons. The highest BCUT2D eigenvalue weighted by Crippen LogP contribution is 2.06. The first-order valence-corrected chi connectivity index (χ1v) is 6.90. The summed E-state index contributed by atoms with van der Waals surface area (Å²) < 4.78 is 0. The van der Waals surface area contributed by atoms with Crippen molar-refractivity contribution in [3.8, 4) is 0 Å². The van der Waals surface area contributed by atoms with E-state index < -0.39 is 6.04 Å². The van der Waals surface area contributed by atoms with Gasteiger partial charge in [-0.3, -0.25) is 4.79 Å². The molecule has 1 rings (SSSR count). The van der Waals surface area contributed by atoms with Crippen LogP contribution in [0, 0.1) is 12.8 Å². The minimum absolute atomic E-state index is 0.0966. The van der Waals surface area contributed by atoms with Crippen molar-refractivity contribution in [2.75, 3.05) is 11.9 Å². The van der Waals surface area contributed by atoms with Crippen LogP contribution in [-0.4, -0.2) is 33.5 Å². The van der Waals surface area contributed by atoms with E-state index in [1.165, 1.54) is 0 Å². The van der Waals surface area contributed by atoms with E-state index in [1.807, 2.05) is 20.8 Å². The molecule has 4 N–H and O–H groups in total. The van der Waals surface area contributed by atoms with Crippen molar-refractivity contribution in [1.82, 2.24) is 15.3 Å². The van der Waals surface area contributed by atoms with Crippen LogP contribution in [0.1, 0.15) is 32.2 Å². The molecule has 1 unspecified atom stereocenters. The van der Waals surface area contributed by atoms with Gasteiger partial charge in [-0.05, 0) is 25.8 Å². The Bertz CT molecular complexity index is 504. The number of carbonyl (C=O) groups is 1. The van der Waals surface area contributed by atoms with E-state index in [-0.39, 0.29) is 10.9 Å². The first-order chi connectivity index (χ1) is 9.29. The summed E-state index contributed by atoms with van der Waals surface area (Å²) in [7, 11) is 0. The SMILES string of the molecule is Cc1cc(C(N)=S)nc(NC(C)C(=O)NCC(C)C)n1. The zero-order chi connectivity index (χ0) is 15.3. The summed E-state index contributed by atoms with van der Waals surface area (Å²) in [6, 6.07) is 1.27. The summed E-state index contributed by atoms with van der Waals surface area (Å²) >= 11 is 4.90. The number of nitrogens with zero attached hydrogens (tertiary/aromatic N) is 2. The Morgan fingerprint density at radius 2 is 2.05 bits per heavy atom. The molecule has 0 aliphatic heterocycles. The Labute approximate surface area is 124 Å². The molecule has 7 heteroatoms. The highest BCUT2D eigenvalue weighted by Gasteiger charge is 2.14. The monoisotopic (exact) mass is 295 g/mol. The van der Waals surface area contributed by atoms with E-state index in [9.17, 15) is 4.79 Å². The minimum atomic E-state index is -0.435. The first kappa shape index (κ1) is 16.3. The van der Waals surface area contributed by atoms with Gasteiger partial charge in [0.05, 0.1) is 0 Å². The fourth-order valence-electron chi connectivity index (χ4n) is 1.48. The van der Waals surface area contributed by atoms with Gasteiger partial charge in [0.15, 0.2) is 0 Å². The Morgan fingerprint density at radius 1 is 1.40 bits per heavy atom. The number of carbonyl (C=O) groups excluding carboxylic acids is 1. The van der Waals surface area contributed by atoms with Crippen molar-refractivity contribution in [3.63, 3.8) is 0 Å². The number of thiocarbonyl (C=S) groups is 1. The van der Waals surface area contributed by atoms with Gasteiger partial charge in [0.1, 0.15) is 16.7 Å². The lowest BCUT2D eigenvalue weighted by Crippen LogP contribution is -2.39. The number of aromatic nitrogens is 2. The molecular weight excluding hydrogens is 274 g/mol. The Morgan fingerprint density at radius 3 is 2.60 bits per heavy atom. The third-order valence-corrected chi connectivity index (χ3v) is 2.74. The predicted octanol–water partition coefficient (Wildman–Crippen LogP) is 0.992. The molecule has 1 heterocycles. The third kappa shape index (κ3) is 5.08. The molecule has 1 atom stereocenters. The van der Waals surface area contributed by atoms with Crippen LogP contribution in [-0.2, 0) is 4.79 Å². The van der Waals surface area contributed by atoms with E-state index in [0.29, 0.717) is 24.1 Å². The summed E-state index contributed by atoms with van der Waals surface area (Å²) in [6.07, 6.45) is 0. The Balaban J connectivity index is 2.72. The molecule has 0 saturated carbocycles. The molecule has 1 amide bonds. The van der Waals surface area contributed by atoms with Gasteiger partial charge in [-0.15, -0.1) is 0 Å². The zero-order valence-corrected chi connectivity index (χ0v) is 13.0. The van der Waals surface area contributed by atoms with Crippen LogP contribution in [0.3, 0.4) is 0 Å². The predicted molar refractivity (Wildman–Crippen MR) is 83.6 cm³/mol. The number of amides is 1. The van der Waals surface area contributed by atoms with Crippen molar-refractivity contribution in [2.45, 2.75) is 33.7 Å². The van der Waals surface area contributed by atoms with Crippen LogP contribution in [0.25, 0.3) is 0 Å². The average Bonchev–Trinajstić information content (AvgIpc) is 2.34. The second-order valence-corrected chi connectivity index (χ2v) is 5.53. The van der Waals surface area contributed by atoms with Crippen LogP contribution >= 0.6 is 12.2 Å². The molecule has 0 aliphatic rings. The van der Waals surface area contributed by atoms with Gasteiger partial charge in [-0.1, -0.05) is 26.1 Å². The summed E-state index contributed by atoms with van der Waals surface area (Å²) in [4.78, 5) is 20.5. The number of nitrogens with one attached hydrogen (secondary N) is 2. The Kier molecular flexibility index (Phi) is 5.82. The maximum absolute atomic E-state index is 11.9. The van der Waals surface area contributed by atoms with Crippen LogP contribution in [0.2, 0.25) is 0 Å². The number of rotatable bonds is 6. The van der Waals surface area contributed by atoms with Crippen molar-refractivity contribution >= 4 is 29.1 Å². The molecule has 1 aromatic heterocycles. The van der Waals surface area contributed by atoms with Crippen LogP contribution in [0.4, 0.5) is 5.95 Å². The van der Waals surface area contributed by atoms with E-state index in [0.717, 1.165) is 5.69 Å². The third-order valence-electron chi connectivity index (χ3n) is 2.53. The van der Waals surface area contributed by atoms with Crippen molar-refractivity contribution in [1.29, 1.82) is 0 Å². The fraction of sp³-hybridized carbons (Fsp3) is 0.538. The largest absolute Gasteiger partial charge is 0.388 e. The second kappa shape index (κ2) is 7.14. The van der Waals surface area contributed by atoms with Gasteiger partial charge in [0.25, 0.3) is 0 Å². The van der Waals surface area contributed by atoms with Gasteiger partial charge in [-0.25, -0.2) is 9.97 Å². The lowest BCUT2D eigenvalue weighted by Gasteiger charge is -2.15. The maximum atomic E-state index is 11.9. The quantitative estimate of drug-likeness (QED) is 0.678. The highest BCUT2D eigenvalue weighted by atomic mass is 32.1. The molecule has 0 bridgehead atoms. The van der Waals surface area contributed by atoms with Crippen LogP contribution in [0.15, 0.2) is 6.07 Å². The van der Waals surface area contributed by atoms with Gasteiger partial charge < -0.3 is 16.4 Å². The van der Waals surface area contributed by atoms with Crippen LogP contribution in [0.5, 0.6) is 0 Å². The number of nitrogens with two attached hydrogens (primary N) is 1. The normalized spacial score (nSPS) is 12.1. The minimum Gasteiger partial charge on any atom is -0.388 e. The molecule has 0 fully saturated rings. The molecule has 0 aromatic carbocycles. The second-order valence-electron chi connectivity index (χ2n) is 5.09. The Hall–Kier alpha value is -1.76. The molecule has 110 valence electrons. The number of anilines is 1. The number of hydrogen-bond acceptors (Lipinski definition) is 5. The topological polar surface area (TPSA) is 92.9 Å². The summed E-state index contributed by atoms with van der Waals surface area (Å²) in [5.74, 6) is 0.656. The smallest absolute Gasteiger partial charge is 0.242 e. The van der Waals surface area contributed by atoms with Gasteiger partial charge in [0.2, 0.25) is 11.9 Å². The van der Waals surface area contributed by atoms with Crippen LogP contribution < -0.4 is 16.4 Å². The first-order valence-electron chi connectivity index (χ1n) is 6.49. The highest BCUT2D eigenvalue weighted by molar-refractivity contribution is 7.80. The van der Waals surface area contributed by atoms with Crippen molar-refractivity contribution < 1.29 is 4.79 Å². The zero-order valence-electron chi connectivity index (χ0n) is 12.2. The maximum Gasteiger partial charge on any atom is 0.242 e. The standard InChI is InChI=1S/C13H21N5OS/c1-7(2)6-15-12(19)9(4)17-13-16-8(3)5-10(18-13)11(14)20/h5,7,9H,6H2,1-4H3,(H2,14,20)(H,15,19)(H,16,17,18). The summed E-state index contributed by atoms with van der Waals surface area (Å²) in [6.45, 7) is 8.28. The van der Waals surface area contributed by atoms with Crippen molar-refractivity contribution in [2.24, 2.45) is 11.7 Å². The van der Waals surface area contributed by atoms with E-state index in [4.69, 9.17) is 18.0 Å². The van der Waals surface area contributed by atoms with Gasteiger partial charge in [-0.2, -0.15) is 0 Å². The molecule has 0 saturated heterocycles.